The highest BCUT2D eigenvalue weighted by Gasteiger charge is 2.15. The quantitative estimate of drug-likeness (QED) is 0.245. The molecule has 1 heteroatoms. The van der Waals surface area contributed by atoms with Gasteiger partial charge in [0, 0.05) is 5.69 Å². The number of anilines is 1. The third-order valence-corrected chi connectivity index (χ3v) is 7.79. The molecule has 0 unspecified atom stereocenters. The number of hydrogen-bond donors (Lipinski definition) is 1. The third-order valence-electron chi connectivity index (χ3n) is 7.79. The minimum Gasteiger partial charge on any atom is -0.398 e. The first-order valence-electron chi connectivity index (χ1n) is 14.1. The number of hydrogen-bond acceptors (Lipinski definition) is 1. The highest BCUT2D eigenvalue weighted by molar-refractivity contribution is 5.78. The van der Waals surface area contributed by atoms with Crippen LogP contribution in [0.1, 0.15) is 87.4 Å². The molecule has 1 nitrogen and oxygen atoms in total. The van der Waals surface area contributed by atoms with E-state index in [2.05, 4.69) is 154 Å². The van der Waals surface area contributed by atoms with Crippen molar-refractivity contribution in [1.82, 2.24) is 0 Å². The molecular weight excluding hydrogens is 470 g/mol. The Morgan fingerprint density at radius 1 is 0.769 bits per heavy atom. The van der Waals surface area contributed by atoms with Gasteiger partial charge < -0.3 is 5.73 Å². The number of nitrogen functional groups attached to an aromatic ring is 1. The fraction of sp³-hybridized carbons (Fsp3) is 0.316. The van der Waals surface area contributed by atoms with E-state index in [1.165, 1.54) is 50.1 Å². The van der Waals surface area contributed by atoms with Gasteiger partial charge in [0.15, 0.2) is 0 Å². The molecule has 0 amide bonds. The molecule has 0 fully saturated rings. The first-order valence-corrected chi connectivity index (χ1v) is 14.1. The van der Waals surface area contributed by atoms with Crippen molar-refractivity contribution in [2.45, 2.75) is 74.7 Å². The zero-order chi connectivity index (χ0) is 28.9. The van der Waals surface area contributed by atoms with Gasteiger partial charge in [-0.25, -0.2) is 0 Å². The van der Waals surface area contributed by atoms with Crippen LogP contribution in [0.2, 0.25) is 0 Å². The molecule has 0 atom stereocenters. The normalized spacial score (nSPS) is 13.3. The van der Waals surface area contributed by atoms with Crippen LogP contribution in [-0.2, 0) is 5.41 Å². The van der Waals surface area contributed by atoms with E-state index in [9.17, 15) is 0 Å². The SMILES string of the molecule is C/C(=C\C=C(/C)C(C)C)c1ccc(/C=C/C=C/c2ccc(-c3ccc(C(C)(C)C)cc3C)c(C)c2)c(N)c1C. The number of benzene rings is 3. The molecule has 0 aliphatic carbocycles. The van der Waals surface area contributed by atoms with Crippen molar-refractivity contribution in [2.24, 2.45) is 5.92 Å². The molecule has 3 aromatic carbocycles. The van der Waals surface area contributed by atoms with Crippen LogP contribution in [0.25, 0.3) is 28.9 Å². The lowest BCUT2D eigenvalue weighted by atomic mass is 9.84. The Balaban J connectivity index is 1.76. The predicted molar refractivity (Wildman–Crippen MR) is 176 cm³/mol. The van der Waals surface area contributed by atoms with Crippen molar-refractivity contribution < 1.29 is 0 Å². The Morgan fingerprint density at radius 2 is 1.38 bits per heavy atom. The highest BCUT2D eigenvalue weighted by Crippen LogP contribution is 2.32. The first-order chi connectivity index (χ1) is 18.3. The Hall–Kier alpha value is -3.58. The number of nitrogens with two attached hydrogens (primary N) is 1. The van der Waals surface area contributed by atoms with Crippen LogP contribution in [0.15, 0.2) is 78.4 Å². The van der Waals surface area contributed by atoms with Gasteiger partial charge in [-0.05, 0) is 102 Å². The maximum atomic E-state index is 6.54. The molecular formula is C38H47N. The summed E-state index contributed by atoms with van der Waals surface area (Å²) in [5.41, 5.74) is 21.3. The van der Waals surface area contributed by atoms with Crippen LogP contribution in [0.4, 0.5) is 5.69 Å². The lowest BCUT2D eigenvalue weighted by Gasteiger charge is -2.21. The standard InChI is InChI=1S/C38H47N/c1-25(2)26(3)15-16-27(4)34-21-18-32(37(39)30(34)7)14-12-11-13-31-17-20-35(28(5)23-31)36-22-19-33(24-29(36)6)38(8,9)10/h11-25H,39H2,1-10H3/b13-11+,14-12+,26-15+,27-16+. The molecule has 0 aliphatic rings. The maximum Gasteiger partial charge on any atom is 0.0423 e. The predicted octanol–water partition coefficient (Wildman–Crippen LogP) is 10.9. The van der Waals surface area contributed by atoms with E-state index in [4.69, 9.17) is 5.73 Å². The molecule has 204 valence electrons. The van der Waals surface area contributed by atoms with Gasteiger partial charge in [0.2, 0.25) is 0 Å². The average molecular weight is 518 g/mol. The van der Waals surface area contributed by atoms with Crippen LogP contribution in [0, 0.1) is 26.7 Å². The fourth-order valence-electron chi connectivity index (χ4n) is 4.71. The molecule has 0 spiro atoms. The van der Waals surface area contributed by atoms with Gasteiger partial charge in [0.1, 0.15) is 0 Å². The average Bonchev–Trinajstić information content (AvgIpc) is 2.87. The molecule has 0 radical (unpaired) electrons. The molecule has 3 rings (SSSR count). The summed E-state index contributed by atoms with van der Waals surface area (Å²) < 4.78 is 0. The fourth-order valence-corrected chi connectivity index (χ4v) is 4.71. The molecule has 0 bridgehead atoms. The highest BCUT2D eigenvalue weighted by atomic mass is 14.6. The van der Waals surface area contributed by atoms with Crippen molar-refractivity contribution >= 4 is 23.4 Å². The van der Waals surface area contributed by atoms with Gasteiger partial charge in [0.25, 0.3) is 0 Å². The minimum absolute atomic E-state index is 0.159. The Kier molecular flexibility index (Phi) is 9.62. The molecule has 0 aliphatic heterocycles. The van der Waals surface area contributed by atoms with E-state index >= 15 is 0 Å². The van der Waals surface area contributed by atoms with E-state index in [1.807, 2.05) is 0 Å². The molecule has 39 heavy (non-hydrogen) atoms. The van der Waals surface area contributed by atoms with Gasteiger partial charge in [-0.3, -0.25) is 0 Å². The van der Waals surface area contributed by atoms with Crippen molar-refractivity contribution in [3.8, 4) is 11.1 Å². The summed E-state index contributed by atoms with van der Waals surface area (Å²) in [6.07, 6.45) is 12.8. The van der Waals surface area contributed by atoms with Crippen LogP contribution in [-0.4, -0.2) is 0 Å². The van der Waals surface area contributed by atoms with Crippen molar-refractivity contribution in [3.05, 3.63) is 117 Å². The lowest BCUT2D eigenvalue weighted by molar-refractivity contribution is 0.590. The summed E-state index contributed by atoms with van der Waals surface area (Å²) in [6, 6.07) is 17.9. The second-order valence-electron chi connectivity index (χ2n) is 12.2. The van der Waals surface area contributed by atoms with E-state index < -0.39 is 0 Å². The van der Waals surface area contributed by atoms with Gasteiger partial charge in [0.05, 0.1) is 0 Å². The monoisotopic (exact) mass is 517 g/mol. The largest absolute Gasteiger partial charge is 0.398 e. The smallest absolute Gasteiger partial charge is 0.0423 e. The molecule has 0 heterocycles. The molecule has 0 aromatic heterocycles. The Morgan fingerprint density at radius 3 is 1.97 bits per heavy atom. The van der Waals surface area contributed by atoms with Gasteiger partial charge in [-0.1, -0.05) is 125 Å². The third kappa shape index (κ3) is 7.51. The van der Waals surface area contributed by atoms with Crippen LogP contribution in [0.3, 0.4) is 0 Å². The second-order valence-corrected chi connectivity index (χ2v) is 12.2. The minimum atomic E-state index is 0.159. The van der Waals surface area contributed by atoms with Crippen molar-refractivity contribution in [1.29, 1.82) is 0 Å². The summed E-state index contributed by atoms with van der Waals surface area (Å²) in [4.78, 5) is 0. The summed E-state index contributed by atoms with van der Waals surface area (Å²) in [6.45, 7) is 22.1. The number of aryl methyl sites for hydroxylation is 2. The summed E-state index contributed by atoms with van der Waals surface area (Å²) >= 11 is 0. The Labute approximate surface area is 237 Å². The second kappa shape index (κ2) is 12.5. The van der Waals surface area contributed by atoms with E-state index in [0.717, 1.165) is 16.8 Å². The summed E-state index contributed by atoms with van der Waals surface area (Å²) in [5.74, 6) is 0.553. The van der Waals surface area contributed by atoms with Crippen LogP contribution < -0.4 is 5.73 Å². The van der Waals surface area contributed by atoms with Crippen molar-refractivity contribution in [3.63, 3.8) is 0 Å². The maximum absolute atomic E-state index is 6.54. The van der Waals surface area contributed by atoms with E-state index in [1.54, 1.807) is 0 Å². The van der Waals surface area contributed by atoms with E-state index in [-0.39, 0.29) is 5.41 Å². The van der Waals surface area contributed by atoms with E-state index in [0.29, 0.717) is 5.92 Å². The zero-order valence-electron chi connectivity index (χ0n) is 25.7. The molecule has 0 saturated carbocycles. The zero-order valence-corrected chi connectivity index (χ0v) is 25.7. The van der Waals surface area contributed by atoms with Gasteiger partial charge >= 0.3 is 0 Å². The number of allylic oxidation sites excluding steroid dienone is 6. The first kappa shape index (κ1) is 30.0. The molecule has 0 saturated heterocycles. The molecule has 2 N–H and O–H groups in total. The van der Waals surface area contributed by atoms with Gasteiger partial charge in [-0.2, -0.15) is 0 Å². The number of rotatable bonds is 7. The van der Waals surface area contributed by atoms with Crippen molar-refractivity contribution in [2.75, 3.05) is 5.73 Å². The summed E-state index contributed by atoms with van der Waals surface area (Å²) in [5, 5.41) is 0. The lowest BCUT2D eigenvalue weighted by Crippen LogP contribution is -2.11. The topological polar surface area (TPSA) is 26.0 Å². The van der Waals surface area contributed by atoms with Crippen LogP contribution in [0.5, 0.6) is 0 Å². The summed E-state index contributed by atoms with van der Waals surface area (Å²) in [7, 11) is 0. The van der Waals surface area contributed by atoms with Crippen LogP contribution >= 0.6 is 0 Å². The Bertz CT molecular complexity index is 1450. The van der Waals surface area contributed by atoms with Gasteiger partial charge in [-0.15, -0.1) is 0 Å². The molecule has 3 aromatic rings.